The Morgan fingerprint density at radius 1 is 1.38 bits per heavy atom. The van der Waals surface area contributed by atoms with E-state index in [2.05, 4.69) is 20.3 Å². The summed E-state index contributed by atoms with van der Waals surface area (Å²) in [4.78, 5) is 31.3. The third kappa shape index (κ3) is 2.96. The van der Waals surface area contributed by atoms with Gasteiger partial charge in [-0.3, -0.25) is 14.5 Å². The fraction of sp³-hybridized carbons (Fsp3) is 0.600. The van der Waals surface area contributed by atoms with Crippen molar-refractivity contribution in [3.63, 3.8) is 0 Å². The maximum atomic E-state index is 12.2. The Hall–Kier alpha value is -1.45. The van der Waals surface area contributed by atoms with Gasteiger partial charge in [-0.25, -0.2) is 4.98 Å². The van der Waals surface area contributed by atoms with E-state index in [0.29, 0.717) is 17.9 Å². The van der Waals surface area contributed by atoms with Crippen LogP contribution in [0, 0.1) is 5.41 Å². The molecule has 1 spiro atoms. The number of piperidine rings is 1. The molecule has 2 fully saturated rings. The zero-order chi connectivity index (χ0) is 16.7. The van der Waals surface area contributed by atoms with E-state index in [4.69, 9.17) is 0 Å². The number of likely N-dealkylation sites (tertiary alicyclic amines) is 1. The Bertz CT molecular complexity index is 838. The lowest BCUT2D eigenvalue weighted by Gasteiger charge is -2.37. The third-order valence-corrected chi connectivity index (χ3v) is 6.84. The molecule has 4 rings (SSSR count). The summed E-state index contributed by atoms with van der Waals surface area (Å²) in [6.45, 7) is 3.36. The van der Waals surface area contributed by atoms with Crippen LogP contribution in [-0.4, -0.2) is 51.3 Å². The molecule has 1 amide bonds. The summed E-state index contributed by atoms with van der Waals surface area (Å²) in [5, 5.41) is 7.20. The summed E-state index contributed by atoms with van der Waals surface area (Å²) in [7, 11) is 0. The molecule has 128 valence electrons. The van der Waals surface area contributed by atoms with E-state index in [1.165, 1.54) is 27.6 Å². The lowest BCUT2D eigenvalue weighted by Crippen LogP contribution is -2.41. The van der Waals surface area contributed by atoms with Gasteiger partial charge < -0.3 is 5.32 Å². The van der Waals surface area contributed by atoms with Gasteiger partial charge in [-0.05, 0) is 37.6 Å². The van der Waals surface area contributed by atoms with Crippen molar-refractivity contribution in [1.82, 2.24) is 24.8 Å². The van der Waals surface area contributed by atoms with Gasteiger partial charge >= 0.3 is 0 Å². The van der Waals surface area contributed by atoms with Gasteiger partial charge in [-0.1, -0.05) is 23.1 Å². The standard InChI is InChI=1S/C15H19N5O2S2/c1-23-14-18-20-12(22)6-10(17-13(20)24-14)8-19-4-2-15(3-5-19)7-11(21)16-9-15/h6H,2-5,7-9H2,1H3,(H,16,21). The van der Waals surface area contributed by atoms with E-state index in [9.17, 15) is 9.59 Å². The van der Waals surface area contributed by atoms with Crippen LogP contribution in [0.4, 0.5) is 0 Å². The van der Waals surface area contributed by atoms with Crippen LogP contribution < -0.4 is 10.9 Å². The number of aromatic nitrogens is 3. The highest BCUT2D eigenvalue weighted by molar-refractivity contribution is 8.00. The molecule has 4 heterocycles. The van der Waals surface area contributed by atoms with Gasteiger partial charge in [0.2, 0.25) is 10.9 Å². The van der Waals surface area contributed by atoms with Crippen molar-refractivity contribution in [3.8, 4) is 0 Å². The van der Waals surface area contributed by atoms with Gasteiger partial charge in [0.25, 0.3) is 5.56 Å². The monoisotopic (exact) mass is 365 g/mol. The first-order valence-corrected chi connectivity index (χ1v) is 10.0. The van der Waals surface area contributed by atoms with E-state index >= 15 is 0 Å². The number of fused-ring (bicyclic) bond motifs is 1. The van der Waals surface area contributed by atoms with Crippen LogP contribution in [0.25, 0.3) is 4.96 Å². The Kier molecular flexibility index (Phi) is 4.09. The predicted molar refractivity (Wildman–Crippen MR) is 93.5 cm³/mol. The molecular formula is C15H19N5O2S2. The molecule has 1 N–H and O–H groups in total. The molecule has 0 radical (unpaired) electrons. The van der Waals surface area contributed by atoms with Gasteiger partial charge in [0.1, 0.15) is 0 Å². The van der Waals surface area contributed by atoms with Crippen LogP contribution in [0.1, 0.15) is 25.0 Å². The molecule has 2 aromatic heterocycles. The summed E-state index contributed by atoms with van der Waals surface area (Å²) in [5.74, 6) is 0.179. The normalized spacial score (nSPS) is 20.8. The molecule has 0 aromatic carbocycles. The van der Waals surface area contributed by atoms with Gasteiger partial charge in [0.05, 0.1) is 5.69 Å². The number of amides is 1. The zero-order valence-corrected chi connectivity index (χ0v) is 15.1. The minimum Gasteiger partial charge on any atom is -0.356 e. The molecule has 0 bridgehead atoms. The van der Waals surface area contributed by atoms with Crippen LogP contribution in [0.15, 0.2) is 15.2 Å². The van der Waals surface area contributed by atoms with Gasteiger partial charge in [0.15, 0.2) is 4.34 Å². The molecular weight excluding hydrogens is 346 g/mol. The number of carbonyl (C=O) groups excluding carboxylic acids is 1. The SMILES string of the molecule is CSc1nn2c(=O)cc(CN3CCC4(CC3)CNC(=O)C4)nc2s1. The Morgan fingerprint density at radius 2 is 2.17 bits per heavy atom. The fourth-order valence-electron chi connectivity index (χ4n) is 3.52. The molecule has 0 aliphatic carbocycles. The largest absolute Gasteiger partial charge is 0.356 e. The number of rotatable bonds is 3. The first-order chi connectivity index (χ1) is 11.6. The molecule has 9 heteroatoms. The van der Waals surface area contributed by atoms with Crippen LogP contribution in [0.3, 0.4) is 0 Å². The minimum atomic E-state index is -0.120. The Morgan fingerprint density at radius 3 is 2.83 bits per heavy atom. The fourth-order valence-corrected chi connectivity index (χ4v) is 4.90. The van der Waals surface area contributed by atoms with Crippen molar-refractivity contribution in [2.45, 2.75) is 30.1 Å². The number of nitrogens with zero attached hydrogens (tertiary/aromatic N) is 4. The van der Waals surface area contributed by atoms with Crippen LogP contribution in [0.5, 0.6) is 0 Å². The van der Waals surface area contributed by atoms with Gasteiger partial charge in [-0.2, -0.15) is 4.52 Å². The van der Waals surface area contributed by atoms with E-state index in [1.54, 1.807) is 6.07 Å². The second-order valence-electron chi connectivity index (χ2n) is 6.58. The first kappa shape index (κ1) is 16.0. The molecule has 2 aliphatic rings. The lowest BCUT2D eigenvalue weighted by molar-refractivity contribution is -0.119. The summed E-state index contributed by atoms with van der Waals surface area (Å²) >= 11 is 2.96. The topological polar surface area (TPSA) is 79.6 Å². The number of hydrogen-bond acceptors (Lipinski definition) is 7. The highest BCUT2D eigenvalue weighted by Gasteiger charge is 2.40. The third-order valence-electron chi connectivity index (χ3n) is 4.95. The molecule has 2 aromatic rings. The van der Waals surface area contributed by atoms with Crippen molar-refractivity contribution >= 4 is 34.0 Å². The van der Waals surface area contributed by atoms with Crippen molar-refractivity contribution in [2.75, 3.05) is 25.9 Å². The summed E-state index contributed by atoms with van der Waals surface area (Å²) in [6, 6.07) is 1.59. The minimum absolute atomic E-state index is 0.120. The highest BCUT2D eigenvalue weighted by atomic mass is 32.2. The molecule has 0 unspecified atom stereocenters. The number of nitrogens with one attached hydrogen (secondary N) is 1. The van der Waals surface area contributed by atoms with Crippen LogP contribution in [-0.2, 0) is 11.3 Å². The Labute approximate surface area is 147 Å². The van der Waals surface area contributed by atoms with Gasteiger partial charge in [0, 0.05) is 25.6 Å². The lowest BCUT2D eigenvalue weighted by atomic mass is 9.77. The van der Waals surface area contributed by atoms with Crippen LogP contribution in [0.2, 0.25) is 0 Å². The van der Waals surface area contributed by atoms with E-state index in [1.807, 2.05) is 6.26 Å². The molecule has 0 saturated carbocycles. The van der Waals surface area contributed by atoms with E-state index in [-0.39, 0.29) is 16.9 Å². The molecule has 7 nitrogen and oxygen atoms in total. The average molecular weight is 365 g/mol. The van der Waals surface area contributed by atoms with E-state index < -0.39 is 0 Å². The second-order valence-corrected chi connectivity index (χ2v) is 8.59. The maximum Gasteiger partial charge on any atom is 0.275 e. The van der Waals surface area contributed by atoms with Crippen molar-refractivity contribution < 1.29 is 4.79 Å². The average Bonchev–Trinajstić information content (AvgIpc) is 3.14. The highest BCUT2D eigenvalue weighted by Crippen LogP contribution is 2.37. The summed E-state index contributed by atoms with van der Waals surface area (Å²) in [6.07, 6.45) is 4.63. The molecule has 24 heavy (non-hydrogen) atoms. The number of carbonyl (C=O) groups is 1. The second kappa shape index (κ2) is 6.12. The molecule has 0 atom stereocenters. The summed E-state index contributed by atoms with van der Waals surface area (Å²) < 4.78 is 2.22. The molecule has 2 saturated heterocycles. The van der Waals surface area contributed by atoms with Crippen molar-refractivity contribution in [2.24, 2.45) is 5.41 Å². The van der Waals surface area contributed by atoms with E-state index in [0.717, 1.165) is 42.5 Å². The summed E-state index contributed by atoms with van der Waals surface area (Å²) in [5.41, 5.74) is 0.827. The quantitative estimate of drug-likeness (QED) is 0.817. The molecule has 2 aliphatic heterocycles. The predicted octanol–water partition coefficient (Wildman–Crippen LogP) is 0.975. The number of thioether (sulfide) groups is 1. The zero-order valence-electron chi connectivity index (χ0n) is 13.4. The number of hydrogen-bond donors (Lipinski definition) is 1. The van der Waals surface area contributed by atoms with Crippen molar-refractivity contribution in [1.29, 1.82) is 0 Å². The maximum absolute atomic E-state index is 12.2. The van der Waals surface area contributed by atoms with Gasteiger partial charge in [-0.15, -0.1) is 5.10 Å². The smallest absolute Gasteiger partial charge is 0.275 e. The van der Waals surface area contributed by atoms with Crippen molar-refractivity contribution in [3.05, 3.63) is 22.1 Å². The Balaban J connectivity index is 1.47. The first-order valence-electron chi connectivity index (χ1n) is 8.00. The van der Waals surface area contributed by atoms with Crippen LogP contribution >= 0.6 is 23.1 Å².